The van der Waals surface area contributed by atoms with Crippen molar-refractivity contribution < 1.29 is 9.53 Å². The molecule has 0 radical (unpaired) electrons. The van der Waals surface area contributed by atoms with Gasteiger partial charge in [0.1, 0.15) is 11.5 Å². The number of carbonyl (C=O) groups excluding carboxylic acids is 1. The van der Waals surface area contributed by atoms with Crippen LogP contribution in [0.15, 0.2) is 54.6 Å². The first-order valence-corrected chi connectivity index (χ1v) is 7.23. The second-order valence-electron chi connectivity index (χ2n) is 5.22. The minimum atomic E-state index is -0.814. The average Bonchev–Trinajstić information content (AvgIpc) is 2.56. The Bertz CT molecular complexity index is 688. The Labute approximate surface area is 131 Å². The molecule has 0 spiro atoms. The van der Waals surface area contributed by atoms with Crippen molar-refractivity contribution in [2.45, 2.75) is 25.2 Å². The van der Waals surface area contributed by atoms with Crippen LogP contribution in [-0.4, -0.2) is 12.9 Å². The molecule has 0 saturated heterocycles. The van der Waals surface area contributed by atoms with Crippen LogP contribution >= 0.6 is 0 Å². The fourth-order valence-corrected chi connectivity index (χ4v) is 2.89. The highest BCUT2D eigenvalue weighted by molar-refractivity contribution is 5.92. The number of hydrogen-bond donors (Lipinski definition) is 0. The van der Waals surface area contributed by atoms with E-state index in [1.165, 1.54) is 0 Å². The zero-order valence-corrected chi connectivity index (χ0v) is 12.9. The maximum absolute atomic E-state index is 12.6. The summed E-state index contributed by atoms with van der Waals surface area (Å²) in [6.07, 6.45) is 0.766. The van der Waals surface area contributed by atoms with Crippen molar-refractivity contribution in [3.63, 3.8) is 0 Å². The summed E-state index contributed by atoms with van der Waals surface area (Å²) < 4.78 is 5.29. The van der Waals surface area contributed by atoms with Crippen LogP contribution in [0.25, 0.3) is 0 Å². The van der Waals surface area contributed by atoms with E-state index in [0.29, 0.717) is 18.6 Å². The summed E-state index contributed by atoms with van der Waals surface area (Å²) in [5.41, 5.74) is 0.956. The first-order chi connectivity index (χ1) is 10.6. The zero-order chi connectivity index (χ0) is 16.0. The van der Waals surface area contributed by atoms with Crippen molar-refractivity contribution in [1.29, 1.82) is 5.26 Å². The number of nitriles is 1. The topological polar surface area (TPSA) is 50.1 Å². The minimum absolute atomic E-state index is 0.0298. The number of rotatable bonds is 6. The normalized spacial score (nSPS) is 13.0. The molecule has 0 aliphatic rings. The fraction of sp³-hybridized carbons (Fsp3) is 0.263. The van der Waals surface area contributed by atoms with Crippen LogP contribution in [0.3, 0.4) is 0 Å². The van der Waals surface area contributed by atoms with Crippen LogP contribution in [0.5, 0.6) is 5.75 Å². The third-order valence-electron chi connectivity index (χ3n) is 4.04. The van der Waals surface area contributed by atoms with Gasteiger partial charge in [0.15, 0.2) is 0 Å². The van der Waals surface area contributed by atoms with Crippen LogP contribution in [-0.2, 0) is 10.2 Å². The number of methoxy groups -OCH3 is 1. The van der Waals surface area contributed by atoms with Crippen molar-refractivity contribution in [3.05, 3.63) is 65.7 Å². The van der Waals surface area contributed by atoms with Crippen LogP contribution in [0.1, 0.15) is 30.9 Å². The summed E-state index contributed by atoms with van der Waals surface area (Å²) in [6.45, 7) is 1.59. The first kappa shape index (κ1) is 15.8. The Balaban J connectivity index is 2.67. The van der Waals surface area contributed by atoms with Gasteiger partial charge in [-0.1, -0.05) is 42.5 Å². The maximum atomic E-state index is 12.6. The lowest BCUT2D eigenvalue weighted by Gasteiger charge is -2.32. The quantitative estimate of drug-likeness (QED) is 0.812. The molecule has 0 aliphatic carbocycles. The summed E-state index contributed by atoms with van der Waals surface area (Å²) >= 11 is 0. The summed E-state index contributed by atoms with van der Waals surface area (Å²) in [6, 6.07) is 19.3. The number of benzene rings is 2. The van der Waals surface area contributed by atoms with Gasteiger partial charge in [0.05, 0.1) is 18.6 Å². The Morgan fingerprint density at radius 2 is 1.82 bits per heavy atom. The predicted octanol–water partition coefficient (Wildman–Crippen LogP) is 3.87. The Kier molecular flexibility index (Phi) is 4.95. The van der Waals surface area contributed by atoms with E-state index >= 15 is 0 Å². The standard InChI is InChI=1S/C19H19NO2/c1-15(21)19(12-7-13-20,16-8-4-3-5-9-16)17-10-6-11-18(14-17)22-2/h3-6,8-11,14H,7,12H2,1-2H3. The maximum Gasteiger partial charge on any atom is 0.144 e. The summed E-state index contributed by atoms with van der Waals surface area (Å²) in [5.74, 6) is 0.734. The van der Waals surface area contributed by atoms with E-state index in [1.807, 2.05) is 54.6 Å². The number of carbonyl (C=O) groups is 1. The summed E-state index contributed by atoms with van der Waals surface area (Å²) in [5, 5.41) is 9.02. The fourth-order valence-electron chi connectivity index (χ4n) is 2.89. The van der Waals surface area contributed by atoms with Crippen LogP contribution in [0, 0.1) is 11.3 Å². The zero-order valence-electron chi connectivity index (χ0n) is 12.9. The van der Waals surface area contributed by atoms with Gasteiger partial charge in [-0.3, -0.25) is 4.79 Å². The van der Waals surface area contributed by atoms with Crippen molar-refractivity contribution in [2.24, 2.45) is 0 Å². The molecular weight excluding hydrogens is 274 g/mol. The Morgan fingerprint density at radius 1 is 1.14 bits per heavy atom. The largest absolute Gasteiger partial charge is 0.497 e. The van der Waals surface area contributed by atoms with Gasteiger partial charge in [0.25, 0.3) is 0 Å². The van der Waals surface area contributed by atoms with Gasteiger partial charge in [-0.05, 0) is 36.6 Å². The van der Waals surface area contributed by atoms with E-state index in [1.54, 1.807) is 14.0 Å². The van der Waals surface area contributed by atoms with Crippen LogP contribution < -0.4 is 4.74 Å². The van der Waals surface area contributed by atoms with Gasteiger partial charge in [-0.25, -0.2) is 0 Å². The first-order valence-electron chi connectivity index (χ1n) is 7.23. The van der Waals surface area contributed by atoms with Crippen molar-refractivity contribution in [1.82, 2.24) is 0 Å². The monoisotopic (exact) mass is 293 g/mol. The number of nitrogens with zero attached hydrogens (tertiary/aromatic N) is 1. The van der Waals surface area contributed by atoms with Crippen molar-refractivity contribution >= 4 is 5.78 Å². The molecule has 3 heteroatoms. The second-order valence-corrected chi connectivity index (χ2v) is 5.22. The molecule has 1 unspecified atom stereocenters. The van der Waals surface area contributed by atoms with E-state index in [2.05, 4.69) is 6.07 Å². The molecule has 2 rings (SSSR count). The van der Waals surface area contributed by atoms with Crippen molar-refractivity contribution in [3.8, 4) is 11.8 Å². The number of ether oxygens (including phenoxy) is 1. The molecule has 0 N–H and O–H groups in total. The van der Waals surface area contributed by atoms with Gasteiger partial charge in [-0.2, -0.15) is 5.26 Å². The van der Waals surface area contributed by atoms with E-state index in [0.717, 1.165) is 11.1 Å². The predicted molar refractivity (Wildman–Crippen MR) is 85.7 cm³/mol. The van der Waals surface area contributed by atoms with Gasteiger partial charge >= 0.3 is 0 Å². The highest BCUT2D eigenvalue weighted by atomic mass is 16.5. The third kappa shape index (κ3) is 2.87. The molecule has 22 heavy (non-hydrogen) atoms. The van der Waals surface area contributed by atoms with Gasteiger partial charge in [0, 0.05) is 6.42 Å². The lowest BCUT2D eigenvalue weighted by Crippen LogP contribution is -2.35. The molecule has 1 atom stereocenters. The molecule has 0 bridgehead atoms. The molecule has 0 aliphatic heterocycles. The Morgan fingerprint density at radius 3 is 2.41 bits per heavy atom. The number of hydrogen-bond acceptors (Lipinski definition) is 3. The Hall–Kier alpha value is -2.60. The highest BCUT2D eigenvalue weighted by Gasteiger charge is 2.38. The lowest BCUT2D eigenvalue weighted by molar-refractivity contribution is -0.121. The number of Topliss-reactive ketones (excluding diaryl/α,β-unsaturated/α-hetero) is 1. The molecule has 0 heterocycles. The molecule has 3 nitrogen and oxygen atoms in total. The van der Waals surface area contributed by atoms with Crippen LogP contribution in [0.2, 0.25) is 0 Å². The molecule has 112 valence electrons. The van der Waals surface area contributed by atoms with Gasteiger partial charge < -0.3 is 4.74 Å². The minimum Gasteiger partial charge on any atom is -0.497 e. The van der Waals surface area contributed by atoms with Gasteiger partial charge in [0.2, 0.25) is 0 Å². The van der Waals surface area contributed by atoms with Gasteiger partial charge in [-0.15, -0.1) is 0 Å². The SMILES string of the molecule is COc1cccc(C(CCC#N)(C(C)=O)c2ccccc2)c1. The highest BCUT2D eigenvalue weighted by Crippen LogP contribution is 2.39. The molecule has 0 aromatic heterocycles. The molecule has 0 fully saturated rings. The lowest BCUT2D eigenvalue weighted by atomic mass is 9.69. The average molecular weight is 293 g/mol. The summed E-state index contributed by atoms with van der Waals surface area (Å²) in [4.78, 5) is 12.6. The third-order valence-corrected chi connectivity index (χ3v) is 4.04. The molecular formula is C19H19NO2. The van der Waals surface area contributed by atoms with E-state index < -0.39 is 5.41 Å². The smallest absolute Gasteiger partial charge is 0.144 e. The molecule has 0 amide bonds. The van der Waals surface area contributed by atoms with E-state index in [-0.39, 0.29) is 5.78 Å². The summed E-state index contributed by atoms with van der Waals surface area (Å²) in [7, 11) is 1.60. The second kappa shape index (κ2) is 6.91. The van der Waals surface area contributed by atoms with Crippen molar-refractivity contribution in [2.75, 3.05) is 7.11 Å². The molecule has 0 saturated carbocycles. The number of ketones is 1. The molecule has 2 aromatic carbocycles. The van der Waals surface area contributed by atoms with Crippen LogP contribution in [0.4, 0.5) is 0 Å². The van der Waals surface area contributed by atoms with E-state index in [9.17, 15) is 4.79 Å². The molecule has 2 aromatic rings. The van der Waals surface area contributed by atoms with E-state index in [4.69, 9.17) is 10.00 Å².